The van der Waals surface area contributed by atoms with Crippen molar-refractivity contribution in [3.63, 3.8) is 0 Å². The molecule has 0 radical (unpaired) electrons. The van der Waals surface area contributed by atoms with Crippen LogP contribution < -0.4 is 4.74 Å². The molecule has 7 heteroatoms. The van der Waals surface area contributed by atoms with Gasteiger partial charge in [0.2, 0.25) is 0 Å². The summed E-state index contributed by atoms with van der Waals surface area (Å²) < 4.78 is 39.1. The number of allylic oxidation sites excluding steroid dienone is 1. The van der Waals surface area contributed by atoms with Crippen molar-refractivity contribution in [2.75, 3.05) is 0 Å². The van der Waals surface area contributed by atoms with Gasteiger partial charge in [-0.3, -0.25) is 4.79 Å². The van der Waals surface area contributed by atoms with Crippen molar-refractivity contribution >= 4 is 34.6 Å². The molecule has 36 heavy (non-hydrogen) atoms. The fourth-order valence-electron chi connectivity index (χ4n) is 3.20. The summed E-state index contributed by atoms with van der Waals surface area (Å²) in [6.07, 6.45) is 1.79. The number of Topliss-reactive ketones (excluding diaryl/α,β-unsaturated/α-hetero) is 1. The van der Waals surface area contributed by atoms with Gasteiger partial charge in [0.05, 0.1) is 0 Å². The Balaban J connectivity index is 1.67. The quantitative estimate of drug-likeness (QED) is 0.208. The van der Waals surface area contributed by atoms with Gasteiger partial charge in [0.1, 0.15) is 12.4 Å². The molecule has 3 rings (SSSR count). The van der Waals surface area contributed by atoms with Crippen LogP contribution in [0.3, 0.4) is 0 Å². The summed E-state index contributed by atoms with van der Waals surface area (Å²) in [4.78, 5) is 35.5. The fourth-order valence-corrected chi connectivity index (χ4v) is 3.20. The van der Waals surface area contributed by atoms with Crippen LogP contribution in [0.4, 0.5) is 8.78 Å². The van der Waals surface area contributed by atoms with Crippen LogP contribution in [0.1, 0.15) is 30.5 Å². The van der Waals surface area contributed by atoms with Crippen molar-refractivity contribution in [2.24, 2.45) is 0 Å². The zero-order valence-electron chi connectivity index (χ0n) is 19.9. The number of carbonyl (C=O) groups is 3. The molecule has 0 spiro atoms. The normalized spacial score (nSPS) is 10.9. The van der Waals surface area contributed by atoms with Crippen LogP contribution in [-0.4, -0.2) is 17.7 Å². The van der Waals surface area contributed by atoms with Gasteiger partial charge in [0, 0.05) is 23.6 Å². The number of fused-ring (bicyclic) bond motifs is 1. The van der Waals surface area contributed by atoms with E-state index in [9.17, 15) is 23.2 Å². The van der Waals surface area contributed by atoms with E-state index in [1.165, 1.54) is 19.1 Å². The molecule has 0 unspecified atom stereocenters. The molecule has 0 aliphatic rings. The van der Waals surface area contributed by atoms with Crippen molar-refractivity contribution in [1.82, 2.24) is 0 Å². The third-order valence-electron chi connectivity index (χ3n) is 5.23. The summed E-state index contributed by atoms with van der Waals surface area (Å²) in [5.41, 5.74) is 1.10. The van der Waals surface area contributed by atoms with E-state index in [2.05, 4.69) is 13.2 Å². The fraction of sp³-hybridized carbons (Fsp3) is 0.138. The lowest BCUT2D eigenvalue weighted by molar-refractivity contribution is -0.140. The standard InChI is InChI=1S/C29H24F2O5/c1-17(2)25(32)15-23-8-7-20(27(30)28(23)31)10-12-26(33)36-24-11-9-21-13-19(5-6-22(21)14-24)16-35-29(34)18(3)4/h5-14H,1,3,15-16H2,2,4H3/b12-10+. The number of ketones is 1. The number of halogens is 2. The maximum atomic E-state index is 14.4. The number of rotatable bonds is 9. The van der Waals surface area contributed by atoms with Gasteiger partial charge < -0.3 is 9.47 Å². The smallest absolute Gasteiger partial charge is 0.336 e. The molecule has 0 aliphatic heterocycles. The predicted octanol–water partition coefficient (Wildman–Crippen LogP) is 6.04. The number of carbonyl (C=O) groups excluding carboxylic acids is 3. The first kappa shape index (κ1) is 26.2. The Morgan fingerprint density at radius 1 is 0.889 bits per heavy atom. The molecule has 0 aliphatic carbocycles. The average molecular weight is 491 g/mol. The molecule has 0 aromatic heterocycles. The molecule has 0 fully saturated rings. The molecule has 184 valence electrons. The second-order valence-corrected chi connectivity index (χ2v) is 8.28. The first-order valence-electron chi connectivity index (χ1n) is 11.0. The highest BCUT2D eigenvalue weighted by atomic mass is 19.2. The monoisotopic (exact) mass is 490 g/mol. The largest absolute Gasteiger partial charge is 0.457 e. The highest BCUT2D eigenvalue weighted by Crippen LogP contribution is 2.23. The lowest BCUT2D eigenvalue weighted by Gasteiger charge is -2.08. The molecule has 0 saturated carbocycles. The van der Waals surface area contributed by atoms with Crippen molar-refractivity contribution in [3.05, 3.63) is 107 Å². The third-order valence-corrected chi connectivity index (χ3v) is 5.23. The summed E-state index contributed by atoms with van der Waals surface area (Å²) in [6, 6.07) is 13.0. The van der Waals surface area contributed by atoms with Crippen LogP contribution in [0.5, 0.6) is 5.75 Å². The van der Waals surface area contributed by atoms with Gasteiger partial charge in [0.15, 0.2) is 17.4 Å². The van der Waals surface area contributed by atoms with Crippen molar-refractivity contribution < 1.29 is 32.6 Å². The first-order chi connectivity index (χ1) is 17.0. The minimum absolute atomic E-state index is 0.0893. The Hall–Kier alpha value is -4.39. The predicted molar refractivity (Wildman–Crippen MR) is 133 cm³/mol. The SMILES string of the molecule is C=C(C)C(=O)Cc1ccc(/C=C/C(=O)Oc2ccc3cc(COC(=O)C(=C)C)ccc3c2)c(F)c1F. The molecule has 0 N–H and O–H groups in total. The van der Waals surface area contributed by atoms with E-state index < -0.39 is 29.4 Å². The zero-order valence-corrected chi connectivity index (χ0v) is 19.9. The minimum atomic E-state index is -1.17. The van der Waals surface area contributed by atoms with Crippen LogP contribution in [0.2, 0.25) is 0 Å². The topological polar surface area (TPSA) is 69.7 Å². The van der Waals surface area contributed by atoms with Crippen molar-refractivity contribution in [1.29, 1.82) is 0 Å². The number of esters is 2. The summed E-state index contributed by atoms with van der Waals surface area (Å²) >= 11 is 0. The molecule has 3 aromatic rings. The van der Waals surface area contributed by atoms with E-state index in [1.54, 1.807) is 37.3 Å². The zero-order chi connectivity index (χ0) is 26.4. The maximum absolute atomic E-state index is 14.4. The van der Waals surface area contributed by atoms with Gasteiger partial charge in [-0.2, -0.15) is 0 Å². The Kier molecular flexibility index (Phi) is 8.27. The minimum Gasteiger partial charge on any atom is -0.457 e. The highest BCUT2D eigenvalue weighted by Gasteiger charge is 2.15. The Morgan fingerprint density at radius 3 is 2.28 bits per heavy atom. The van der Waals surface area contributed by atoms with Gasteiger partial charge >= 0.3 is 11.9 Å². The van der Waals surface area contributed by atoms with Gasteiger partial charge in [-0.15, -0.1) is 0 Å². The number of benzene rings is 3. The summed E-state index contributed by atoms with van der Waals surface area (Å²) in [7, 11) is 0. The first-order valence-corrected chi connectivity index (χ1v) is 11.0. The van der Waals surface area contributed by atoms with E-state index >= 15 is 0 Å². The molecular formula is C29H24F2O5. The molecule has 0 heterocycles. The van der Waals surface area contributed by atoms with E-state index in [-0.39, 0.29) is 35.5 Å². The number of hydrogen-bond donors (Lipinski definition) is 0. The van der Waals surface area contributed by atoms with Crippen LogP contribution in [-0.2, 0) is 32.1 Å². The van der Waals surface area contributed by atoms with E-state index in [0.29, 0.717) is 5.57 Å². The Bertz CT molecular complexity index is 1420. The number of ether oxygens (including phenoxy) is 2. The molecule has 0 saturated heterocycles. The average Bonchev–Trinajstić information content (AvgIpc) is 2.84. The van der Waals surface area contributed by atoms with E-state index in [4.69, 9.17) is 9.47 Å². The van der Waals surface area contributed by atoms with Crippen molar-refractivity contribution in [2.45, 2.75) is 26.9 Å². The third kappa shape index (κ3) is 6.60. The van der Waals surface area contributed by atoms with Crippen molar-refractivity contribution in [3.8, 4) is 5.75 Å². The van der Waals surface area contributed by atoms with Gasteiger partial charge in [0.25, 0.3) is 0 Å². The van der Waals surface area contributed by atoms with Crippen LogP contribution >= 0.6 is 0 Å². The molecule has 0 amide bonds. The van der Waals surface area contributed by atoms with E-state index in [1.807, 2.05) is 6.07 Å². The molecule has 3 aromatic carbocycles. The Labute approximate surface area is 207 Å². The molecule has 0 atom stereocenters. The van der Waals surface area contributed by atoms with E-state index in [0.717, 1.165) is 28.5 Å². The lowest BCUT2D eigenvalue weighted by Crippen LogP contribution is -2.07. The summed E-state index contributed by atoms with van der Waals surface area (Å²) in [6.45, 7) is 10.2. The second-order valence-electron chi connectivity index (χ2n) is 8.28. The lowest BCUT2D eigenvalue weighted by atomic mass is 10.0. The Morgan fingerprint density at radius 2 is 1.58 bits per heavy atom. The van der Waals surface area contributed by atoms with Gasteiger partial charge in [-0.1, -0.05) is 43.5 Å². The van der Waals surface area contributed by atoms with Crippen LogP contribution in [0, 0.1) is 11.6 Å². The highest BCUT2D eigenvalue weighted by molar-refractivity contribution is 5.95. The molecule has 5 nitrogen and oxygen atoms in total. The number of hydrogen-bond acceptors (Lipinski definition) is 5. The van der Waals surface area contributed by atoms with Gasteiger partial charge in [-0.25, -0.2) is 18.4 Å². The molecule has 0 bridgehead atoms. The maximum Gasteiger partial charge on any atom is 0.336 e. The van der Waals surface area contributed by atoms with Gasteiger partial charge in [-0.05, 0) is 65.6 Å². The summed E-state index contributed by atoms with van der Waals surface area (Å²) in [5, 5.41) is 1.63. The summed E-state index contributed by atoms with van der Waals surface area (Å²) in [5.74, 6) is -3.69. The van der Waals surface area contributed by atoms with Crippen LogP contribution in [0.15, 0.2) is 78.9 Å². The molecular weight excluding hydrogens is 466 g/mol. The van der Waals surface area contributed by atoms with Crippen LogP contribution in [0.25, 0.3) is 16.8 Å². The second kappa shape index (κ2) is 11.4.